The third-order valence-electron chi connectivity index (χ3n) is 5.39. The molecule has 7 nitrogen and oxygen atoms in total. The molecule has 31 heavy (non-hydrogen) atoms. The SMILES string of the molecule is O=C(NCc1ccc2c(c1)N(C(=O)c1ccccc1)CC2)Nc1ccc2c(c1)OCO2. The minimum Gasteiger partial charge on any atom is -0.454 e. The van der Waals surface area contributed by atoms with Crippen LogP contribution in [0, 0.1) is 0 Å². The predicted octanol–water partition coefficient (Wildman–Crippen LogP) is 3.94. The maximum absolute atomic E-state index is 12.9. The molecule has 0 radical (unpaired) electrons. The topological polar surface area (TPSA) is 79.9 Å². The van der Waals surface area contributed by atoms with Crippen molar-refractivity contribution in [1.29, 1.82) is 0 Å². The van der Waals surface area contributed by atoms with Crippen molar-refractivity contribution in [1.82, 2.24) is 5.32 Å². The van der Waals surface area contributed by atoms with Crippen molar-refractivity contribution < 1.29 is 19.1 Å². The van der Waals surface area contributed by atoms with Gasteiger partial charge < -0.3 is 25.0 Å². The lowest BCUT2D eigenvalue weighted by Gasteiger charge is -2.18. The van der Waals surface area contributed by atoms with E-state index in [-0.39, 0.29) is 18.7 Å². The van der Waals surface area contributed by atoms with Crippen molar-refractivity contribution >= 4 is 23.3 Å². The number of hydrogen-bond acceptors (Lipinski definition) is 4. The van der Waals surface area contributed by atoms with Crippen LogP contribution in [0.2, 0.25) is 0 Å². The first kappa shape index (κ1) is 19.0. The van der Waals surface area contributed by atoms with Crippen LogP contribution in [0.25, 0.3) is 0 Å². The van der Waals surface area contributed by atoms with Crippen LogP contribution in [-0.4, -0.2) is 25.3 Å². The zero-order valence-electron chi connectivity index (χ0n) is 16.8. The number of nitrogens with zero attached hydrogens (tertiary/aromatic N) is 1. The fraction of sp³-hybridized carbons (Fsp3) is 0.167. The van der Waals surface area contributed by atoms with E-state index < -0.39 is 0 Å². The van der Waals surface area contributed by atoms with Gasteiger partial charge in [0.15, 0.2) is 11.5 Å². The summed E-state index contributed by atoms with van der Waals surface area (Å²) in [5, 5.41) is 5.65. The summed E-state index contributed by atoms with van der Waals surface area (Å²) >= 11 is 0. The molecule has 0 saturated carbocycles. The number of carbonyl (C=O) groups is 2. The number of nitrogens with one attached hydrogen (secondary N) is 2. The van der Waals surface area contributed by atoms with E-state index in [2.05, 4.69) is 10.6 Å². The van der Waals surface area contributed by atoms with Gasteiger partial charge in [0, 0.05) is 36.1 Å². The highest BCUT2D eigenvalue weighted by atomic mass is 16.7. The largest absolute Gasteiger partial charge is 0.454 e. The first-order valence-electron chi connectivity index (χ1n) is 10.1. The summed E-state index contributed by atoms with van der Waals surface area (Å²) in [6.45, 7) is 1.19. The van der Waals surface area contributed by atoms with Gasteiger partial charge in [0.1, 0.15) is 0 Å². The van der Waals surface area contributed by atoms with Gasteiger partial charge in [0.25, 0.3) is 5.91 Å². The fourth-order valence-electron chi connectivity index (χ4n) is 3.81. The number of benzene rings is 3. The lowest BCUT2D eigenvalue weighted by molar-refractivity contribution is 0.0989. The molecule has 0 atom stereocenters. The second-order valence-electron chi connectivity index (χ2n) is 7.41. The Morgan fingerprint density at radius 1 is 0.935 bits per heavy atom. The summed E-state index contributed by atoms with van der Waals surface area (Å²) in [4.78, 5) is 27.0. The molecule has 2 aliphatic rings. The van der Waals surface area contributed by atoms with E-state index >= 15 is 0 Å². The Hall–Kier alpha value is -4.00. The molecule has 2 aliphatic heterocycles. The third-order valence-corrected chi connectivity index (χ3v) is 5.39. The minimum atomic E-state index is -0.323. The zero-order valence-corrected chi connectivity index (χ0v) is 16.8. The Kier molecular flexibility index (Phi) is 4.92. The summed E-state index contributed by atoms with van der Waals surface area (Å²) in [5.41, 5.74) is 4.26. The van der Waals surface area contributed by atoms with E-state index in [0.29, 0.717) is 35.8 Å². The van der Waals surface area contributed by atoms with Crippen LogP contribution < -0.4 is 25.0 Å². The predicted molar refractivity (Wildman–Crippen MR) is 117 cm³/mol. The van der Waals surface area contributed by atoms with E-state index in [1.165, 1.54) is 0 Å². The van der Waals surface area contributed by atoms with Crippen molar-refractivity contribution in [3.8, 4) is 11.5 Å². The normalized spacial score (nSPS) is 13.6. The highest BCUT2D eigenvalue weighted by Gasteiger charge is 2.25. The first-order chi connectivity index (χ1) is 15.2. The molecule has 0 bridgehead atoms. The van der Waals surface area contributed by atoms with E-state index in [1.54, 1.807) is 23.1 Å². The summed E-state index contributed by atoms with van der Waals surface area (Å²) in [5.74, 6) is 1.27. The molecule has 7 heteroatoms. The number of amides is 3. The van der Waals surface area contributed by atoms with Crippen LogP contribution >= 0.6 is 0 Å². The Bertz CT molecular complexity index is 1150. The van der Waals surface area contributed by atoms with Crippen molar-refractivity contribution in [2.45, 2.75) is 13.0 Å². The van der Waals surface area contributed by atoms with E-state index in [4.69, 9.17) is 9.47 Å². The molecule has 0 fully saturated rings. The number of anilines is 2. The highest BCUT2D eigenvalue weighted by Crippen LogP contribution is 2.34. The molecule has 2 heterocycles. The molecular weight excluding hydrogens is 394 g/mol. The van der Waals surface area contributed by atoms with Gasteiger partial charge in [-0.25, -0.2) is 4.79 Å². The molecule has 0 aromatic heterocycles. The van der Waals surface area contributed by atoms with Crippen molar-refractivity contribution in [3.05, 3.63) is 83.4 Å². The van der Waals surface area contributed by atoms with Gasteiger partial charge in [-0.3, -0.25) is 4.79 Å². The van der Waals surface area contributed by atoms with Gasteiger partial charge in [0.05, 0.1) is 0 Å². The number of carbonyl (C=O) groups excluding carboxylic acids is 2. The van der Waals surface area contributed by atoms with E-state index in [9.17, 15) is 9.59 Å². The zero-order chi connectivity index (χ0) is 21.2. The molecule has 2 N–H and O–H groups in total. The molecular formula is C24H21N3O4. The molecule has 3 amide bonds. The molecule has 3 aromatic rings. The van der Waals surface area contributed by atoms with Crippen LogP contribution in [0.4, 0.5) is 16.2 Å². The quantitative estimate of drug-likeness (QED) is 0.677. The van der Waals surface area contributed by atoms with Gasteiger partial charge in [0.2, 0.25) is 6.79 Å². The number of urea groups is 1. The molecule has 0 unspecified atom stereocenters. The van der Waals surface area contributed by atoms with Crippen LogP contribution in [0.5, 0.6) is 11.5 Å². The Morgan fingerprint density at radius 3 is 2.65 bits per heavy atom. The van der Waals surface area contributed by atoms with E-state index in [0.717, 1.165) is 23.2 Å². The Morgan fingerprint density at radius 2 is 1.77 bits per heavy atom. The Balaban J connectivity index is 1.24. The number of rotatable bonds is 4. The smallest absolute Gasteiger partial charge is 0.319 e. The average molecular weight is 415 g/mol. The van der Waals surface area contributed by atoms with Crippen LogP contribution in [0.3, 0.4) is 0 Å². The van der Waals surface area contributed by atoms with Crippen LogP contribution in [-0.2, 0) is 13.0 Å². The van der Waals surface area contributed by atoms with Gasteiger partial charge in [-0.1, -0.05) is 30.3 Å². The number of ether oxygens (including phenoxy) is 2. The first-order valence-corrected chi connectivity index (χ1v) is 10.1. The molecule has 0 aliphatic carbocycles. The van der Waals surface area contributed by atoms with Gasteiger partial charge >= 0.3 is 6.03 Å². The monoisotopic (exact) mass is 415 g/mol. The molecule has 5 rings (SSSR count). The summed E-state index contributed by atoms with van der Waals surface area (Å²) in [6, 6.07) is 20.2. The summed E-state index contributed by atoms with van der Waals surface area (Å²) in [7, 11) is 0. The fourth-order valence-corrected chi connectivity index (χ4v) is 3.81. The van der Waals surface area contributed by atoms with Gasteiger partial charge in [-0.05, 0) is 47.9 Å². The summed E-state index contributed by atoms with van der Waals surface area (Å²) < 4.78 is 10.6. The second-order valence-corrected chi connectivity index (χ2v) is 7.41. The Labute approximate surface area is 179 Å². The van der Waals surface area contributed by atoms with E-state index in [1.807, 2.05) is 48.5 Å². The second kappa shape index (κ2) is 8.02. The molecule has 156 valence electrons. The molecule has 0 spiro atoms. The van der Waals surface area contributed by atoms with Crippen molar-refractivity contribution in [2.75, 3.05) is 23.6 Å². The van der Waals surface area contributed by atoms with Crippen LogP contribution in [0.1, 0.15) is 21.5 Å². The number of hydrogen-bond donors (Lipinski definition) is 2. The maximum Gasteiger partial charge on any atom is 0.319 e. The molecule has 0 saturated heterocycles. The van der Waals surface area contributed by atoms with Gasteiger partial charge in [-0.2, -0.15) is 0 Å². The average Bonchev–Trinajstić information content (AvgIpc) is 3.44. The lowest BCUT2D eigenvalue weighted by atomic mass is 10.1. The summed E-state index contributed by atoms with van der Waals surface area (Å²) in [6.07, 6.45) is 0.826. The lowest BCUT2D eigenvalue weighted by Crippen LogP contribution is -2.29. The number of fused-ring (bicyclic) bond motifs is 2. The molecule has 3 aromatic carbocycles. The van der Waals surface area contributed by atoms with Crippen molar-refractivity contribution in [2.24, 2.45) is 0 Å². The van der Waals surface area contributed by atoms with Gasteiger partial charge in [-0.15, -0.1) is 0 Å². The van der Waals surface area contributed by atoms with Crippen molar-refractivity contribution in [3.63, 3.8) is 0 Å². The maximum atomic E-state index is 12.9. The highest BCUT2D eigenvalue weighted by molar-refractivity contribution is 6.07. The minimum absolute atomic E-state index is 0.00925. The standard InChI is InChI=1S/C24H21N3O4/c28-23(18-4-2-1-3-5-18)27-11-10-17-7-6-16(12-20(17)27)14-25-24(29)26-19-8-9-21-22(13-19)31-15-30-21/h1-9,12-13H,10-11,14-15H2,(H2,25,26,29). The van der Waals surface area contributed by atoms with Crippen LogP contribution in [0.15, 0.2) is 66.7 Å². The third kappa shape index (κ3) is 3.90.